The minimum Gasteiger partial charge on any atom is -0.479 e. The maximum absolute atomic E-state index is 11.2. The molecule has 10 heteroatoms. The molecule has 1 unspecified atom stereocenters. The Morgan fingerprint density at radius 1 is 1.00 bits per heavy atom. The first-order chi connectivity index (χ1) is 10.1. The Balaban J connectivity index is 3.18. The Kier molecular flexibility index (Phi) is 5.83. The number of esters is 2. The minimum absolute atomic E-state index is 0.583. The average Bonchev–Trinajstić information content (AvgIpc) is 2.34. The molecule has 1 aliphatic rings. The maximum Gasteiger partial charge on any atom is 0.337 e. The molecule has 5 atom stereocenters. The predicted octanol–water partition coefficient (Wildman–Crippen LogP) is -1.84. The molecule has 0 aromatic carbocycles. The second kappa shape index (κ2) is 7.18. The summed E-state index contributed by atoms with van der Waals surface area (Å²) in [4.78, 5) is 44.8. The highest BCUT2D eigenvalue weighted by Gasteiger charge is 2.52. The fourth-order valence-corrected chi connectivity index (χ4v) is 2.09. The van der Waals surface area contributed by atoms with E-state index < -0.39 is 54.5 Å². The highest BCUT2D eigenvalue weighted by molar-refractivity contribution is 5.76. The van der Waals surface area contributed by atoms with E-state index in [1.54, 1.807) is 0 Å². The Morgan fingerprint density at radius 2 is 1.50 bits per heavy atom. The molecule has 124 valence electrons. The third-order valence-electron chi connectivity index (χ3n) is 2.79. The normalized spacial score (nSPS) is 31.0. The van der Waals surface area contributed by atoms with Gasteiger partial charge in [-0.25, -0.2) is 4.79 Å². The number of carboxylic acids is 1. The second-order valence-corrected chi connectivity index (χ2v) is 4.66. The number of carboxylic acid groups (broad SMARTS) is 1. The minimum atomic E-state index is -1.76. The van der Waals surface area contributed by atoms with Gasteiger partial charge >= 0.3 is 17.9 Å². The van der Waals surface area contributed by atoms with Gasteiger partial charge in [0.25, 0.3) is 0 Å². The molecule has 0 aliphatic carbocycles. The van der Waals surface area contributed by atoms with Gasteiger partial charge in [-0.15, -0.1) is 0 Å². The molecule has 0 spiro atoms. The molecule has 22 heavy (non-hydrogen) atoms. The number of aliphatic hydroxyl groups is 1. The second-order valence-electron chi connectivity index (χ2n) is 4.66. The summed E-state index contributed by atoms with van der Waals surface area (Å²) in [6.07, 6.45) is -6.47. The zero-order valence-corrected chi connectivity index (χ0v) is 12.1. The molecular formula is C12H17NO9. The summed E-state index contributed by atoms with van der Waals surface area (Å²) >= 11 is 0. The van der Waals surface area contributed by atoms with E-state index in [2.05, 4.69) is 5.32 Å². The fourth-order valence-electron chi connectivity index (χ4n) is 2.09. The molecular weight excluding hydrogens is 302 g/mol. The molecule has 0 aromatic rings. The maximum atomic E-state index is 11.2. The van der Waals surface area contributed by atoms with Gasteiger partial charge in [-0.3, -0.25) is 14.4 Å². The van der Waals surface area contributed by atoms with Gasteiger partial charge in [0.15, 0.2) is 24.6 Å². The molecule has 0 bridgehead atoms. The Hall–Kier alpha value is -2.20. The van der Waals surface area contributed by atoms with Gasteiger partial charge in [-0.1, -0.05) is 0 Å². The van der Waals surface area contributed by atoms with E-state index in [4.69, 9.17) is 19.3 Å². The summed E-state index contributed by atoms with van der Waals surface area (Å²) < 4.78 is 14.6. The predicted molar refractivity (Wildman–Crippen MR) is 67.2 cm³/mol. The number of amides is 1. The monoisotopic (exact) mass is 319 g/mol. The number of ether oxygens (including phenoxy) is 3. The van der Waals surface area contributed by atoms with Crippen molar-refractivity contribution >= 4 is 23.8 Å². The van der Waals surface area contributed by atoms with E-state index in [9.17, 15) is 24.3 Å². The van der Waals surface area contributed by atoms with Gasteiger partial charge < -0.3 is 29.7 Å². The molecule has 1 amide bonds. The first kappa shape index (κ1) is 17.9. The first-order valence-corrected chi connectivity index (χ1v) is 6.31. The van der Waals surface area contributed by atoms with Gasteiger partial charge in [0.1, 0.15) is 6.04 Å². The van der Waals surface area contributed by atoms with Gasteiger partial charge in [0.2, 0.25) is 5.91 Å². The summed E-state index contributed by atoms with van der Waals surface area (Å²) in [5.41, 5.74) is 0. The van der Waals surface area contributed by atoms with Crippen molar-refractivity contribution in [3.63, 3.8) is 0 Å². The van der Waals surface area contributed by atoms with Crippen LogP contribution in [0.2, 0.25) is 0 Å². The van der Waals surface area contributed by atoms with Crippen LogP contribution < -0.4 is 5.32 Å². The molecule has 1 aliphatic heterocycles. The number of aliphatic hydroxyl groups excluding tert-OH is 1. The van der Waals surface area contributed by atoms with Crippen LogP contribution in [0.4, 0.5) is 0 Å². The molecule has 1 rings (SSSR count). The number of nitrogens with one attached hydrogen (secondary N) is 1. The lowest BCUT2D eigenvalue weighted by atomic mass is 9.96. The van der Waals surface area contributed by atoms with Crippen molar-refractivity contribution in [2.45, 2.75) is 51.4 Å². The lowest BCUT2D eigenvalue weighted by Crippen LogP contribution is -2.66. The van der Waals surface area contributed by atoms with E-state index in [1.807, 2.05) is 0 Å². The third kappa shape index (κ3) is 4.40. The largest absolute Gasteiger partial charge is 0.479 e. The highest BCUT2D eigenvalue weighted by atomic mass is 16.7. The molecule has 0 aromatic heterocycles. The summed E-state index contributed by atoms with van der Waals surface area (Å²) in [5.74, 6) is -3.76. The van der Waals surface area contributed by atoms with Crippen LogP contribution >= 0.6 is 0 Å². The number of hydrogen-bond acceptors (Lipinski definition) is 8. The van der Waals surface area contributed by atoms with Crippen molar-refractivity contribution in [2.24, 2.45) is 0 Å². The van der Waals surface area contributed by atoms with Gasteiger partial charge in [-0.05, 0) is 0 Å². The summed E-state index contributed by atoms with van der Waals surface area (Å²) in [7, 11) is 0. The Labute approximate surface area is 125 Å². The number of carbonyl (C=O) groups excluding carboxylic acids is 3. The molecule has 1 fully saturated rings. The smallest absolute Gasteiger partial charge is 0.337 e. The van der Waals surface area contributed by atoms with Crippen molar-refractivity contribution in [1.29, 1.82) is 0 Å². The topological polar surface area (TPSA) is 148 Å². The van der Waals surface area contributed by atoms with Crippen LogP contribution in [0.3, 0.4) is 0 Å². The highest BCUT2D eigenvalue weighted by Crippen LogP contribution is 2.25. The summed E-state index contributed by atoms with van der Waals surface area (Å²) in [6.45, 7) is 3.22. The van der Waals surface area contributed by atoms with Crippen LogP contribution in [0.5, 0.6) is 0 Å². The Morgan fingerprint density at radius 3 is 1.91 bits per heavy atom. The van der Waals surface area contributed by atoms with Gasteiger partial charge in [0.05, 0.1) is 0 Å². The number of carbonyl (C=O) groups is 4. The van der Waals surface area contributed by atoms with Crippen LogP contribution in [0.15, 0.2) is 0 Å². The molecule has 0 radical (unpaired) electrons. The average molecular weight is 319 g/mol. The zero-order chi connectivity index (χ0) is 17.0. The van der Waals surface area contributed by atoms with Crippen molar-refractivity contribution in [3.8, 4) is 0 Å². The van der Waals surface area contributed by atoms with Crippen molar-refractivity contribution < 1.29 is 43.6 Å². The molecule has 1 saturated heterocycles. The van der Waals surface area contributed by atoms with E-state index >= 15 is 0 Å². The van der Waals surface area contributed by atoms with Crippen LogP contribution in [0.25, 0.3) is 0 Å². The standard InChI is InChI=1S/C12H17NO9/c1-4(14)13-7-8(20-5(2)15)9(21-6(3)16)10(11(17)18)22-12(7)19/h7-10,12,19H,1-3H3,(H,13,14)(H,17,18)/t7-,8-,9+,10?,12+/m0/s1. The number of hydrogen-bond donors (Lipinski definition) is 3. The van der Waals surface area contributed by atoms with Crippen molar-refractivity contribution in [1.82, 2.24) is 5.32 Å². The molecule has 1 heterocycles. The van der Waals surface area contributed by atoms with Crippen LogP contribution in [0, 0.1) is 0 Å². The molecule has 3 N–H and O–H groups in total. The first-order valence-electron chi connectivity index (χ1n) is 6.31. The summed E-state index contributed by atoms with van der Waals surface area (Å²) in [6, 6.07) is -1.29. The summed E-state index contributed by atoms with van der Waals surface area (Å²) in [5, 5.41) is 21.2. The van der Waals surface area contributed by atoms with Gasteiger partial charge in [-0.2, -0.15) is 0 Å². The number of aliphatic carboxylic acids is 1. The van der Waals surface area contributed by atoms with Crippen LogP contribution in [0.1, 0.15) is 20.8 Å². The van der Waals surface area contributed by atoms with Crippen LogP contribution in [-0.2, 0) is 33.4 Å². The van der Waals surface area contributed by atoms with E-state index in [0.29, 0.717) is 0 Å². The molecule has 0 saturated carbocycles. The lowest BCUT2D eigenvalue weighted by molar-refractivity contribution is -0.258. The van der Waals surface area contributed by atoms with Gasteiger partial charge in [0, 0.05) is 20.8 Å². The van der Waals surface area contributed by atoms with Crippen LogP contribution in [-0.4, -0.2) is 64.7 Å². The van der Waals surface area contributed by atoms with Crippen molar-refractivity contribution in [3.05, 3.63) is 0 Å². The fraction of sp³-hybridized carbons (Fsp3) is 0.667. The molecule has 10 nitrogen and oxygen atoms in total. The zero-order valence-electron chi connectivity index (χ0n) is 12.1. The van der Waals surface area contributed by atoms with E-state index in [0.717, 1.165) is 20.8 Å². The lowest BCUT2D eigenvalue weighted by Gasteiger charge is -2.42. The van der Waals surface area contributed by atoms with Crippen molar-refractivity contribution in [2.75, 3.05) is 0 Å². The van der Waals surface area contributed by atoms with E-state index in [1.165, 1.54) is 0 Å². The Bertz CT molecular complexity index is 477. The quantitative estimate of drug-likeness (QED) is 0.508. The number of rotatable bonds is 4. The SMILES string of the molecule is CC(=O)N[C@H]1[C@H](OC(C)=O)[C@@H](OC(C)=O)C(C(=O)O)O[C@H]1O. The van der Waals surface area contributed by atoms with E-state index in [-0.39, 0.29) is 0 Å². The third-order valence-corrected chi connectivity index (χ3v) is 2.79.